The Labute approximate surface area is 105 Å². The maximum atomic E-state index is 11.4. The van der Waals surface area contributed by atoms with E-state index in [4.69, 9.17) is 9.15 Å². The third-order valence-electron chi connectivity index (χ3n) is 2.45. The molecule has 5 nitrogen and oxygen atoms in total. The molecule has 0 radical (unpaired) electrons. The van der Waals surface area contributed by atoms with Crippen LogP contribution in [-0.4, -0.2) is 11.1 Å². The number of aryl methyl sites for hydroxylation is 1. The van der Waals surface area contributed by atoms with Crippen LogP contribution in [0.25, 0.3) is 0 Å². The van der Waals surface area contributed by atoms with Crippen LogP contribution in [-0.2, 0) is 17.9 Å². The number of aromatic nitrogens is 1. The normalized spacial score (nSPS) is 10.1. The van der Waals surface area contributed by atoms with Crippen LogP contribution >= 0.6 is 0 Å². The van der Waals surface area contributed by atoms with Gasteiger partial charge in [-0.25, -0.2) is 9.78 Å². The van der Waals surface area contributed by atoms with Crippen molar-refractivity contribution in [2.75, 3.05) is 0 Å². The van der Waals surface area contributed by atoms with E-state index in [1.54, 1.807) is 0 Å². The summed E-state index contributed by atoms with van der Waals surface area (Å²) in [5.41, 5.74) is 1.71. The topological polar surface area (TPSA) is 64.4 Å². The summed E-state index contributed by atoms with van der Waals surface area (Å²) in [7, 11) is 0. The van der Waals surface area contributed by atoms with Crippen molar-refractivity contribution in [1.29, 1.82) is 0 Å². The van der Waals surface area contributed by atoms with E-state index in [-0.39, 0.29) is 13.2 Å². The first-order chi connectivity index (χ1) is 8.75. The van der Waals surface area contributed by atoms with Crippen LogP contribution in [0, 0.1) is 6.92 Å². The lowest BCUT2D eigenvalue weighted by Gasteiger charge is -2.05. The van der Waals surface area contributed by atoms with Crippen molar-refractivity contribution in [3.63, 3.8) is 0 Å². The van der Waals surface area contributed by atoms with E-state index in [2.05, 4.69) is 10.3 Å². The van der Waals surface area contributed by atoms with E-state index >= 15 is 0 Å². The van der Waals surface area contributed by atoms with E-state index < -0.39 is 6.09 Å². The Balaban J connectivity index is 1.75. The van der Waals surface area contributed by atoms with Crippen LogP contribution in [0.3, 0.4) is 0 Å². The Morgan fingerprint density at radius 2 is 2.17 bits per heavy atom. The summed E-state index contributed by atoms with van der Waals surface area (Å²) < 4.78 is 10.2. The van der Waals surface area contributed by atoms with E-state index in [0.717, 1.165) is 11.3 Å². The van der Waals surface area contributed by atoms with Crippen molar-refractivity contribution in [2.24, 2.45) is 0 Å². The molecule has 2 rings (SSSR count). The van der Waals surface area contributed by atoms with Gasteiger partial charge in [-0.15, -0.1) is 0 Å². The molecule has 0 fully saturated rings. The minimum Gasteiger partial charge on any atom is -0.446 e. The standard InChI is InChI=1S/C13H14N2O3/c1-10-12(18-9-15-10)7-14-13(16)17-8-11-5-3-2-4-6-11/h2-6,9H,7-8H2,1H3,(H,14,16). The van der Waals surface area contributed by atoms with Crippen LogP contribution in [0.5, 0.6) is 0 Å². The highest BCUT2D eigenvalue weighted by atomic mass is 16.5. The predicted molar refractivity (Wildman–Crippen MR) is 64.7 cm³/mol. The van der Waals surface area contributed by atoms with Crippen LogP contribution < -0.4 is 5.32 Å². The number of hydrogen-bond donors (Lipinski definition) is 1. The lowest BCUT2D eigenvalue weighted by Crippen LogP contribution is -2.23. The highest BCUT2D eigenvalue weighted by Crippen LogP contribution is 2.04. The first kappa shape index (κ1) is 12.2. The number of hydrogen-bond acceptors (Lipinski definition) is 4. The van der Waals surface area contributed by atoms with E-state index in [0.29, 0.717) is 5.76 Å². The number of ether oxygens (including phenoxy) is 1. The number of alkyl carbamates (subject to hydrolysis) is 1. The van der Waals surface area contributed by atoms with Gasteiger partial charge < -0.3 is 14.5 Å². The Morgan fingerprint density at radius 1 is 1.39 bits per heavy atom. The summed E-state index contributed by atoms with van der Waals surface area (Å²) in [5.74, 6) is 0.631. The molecule has 18 heavy (non-hydrogen) atoms. The molecular formula is C13H14N2O3. The first-order valence-corrected chi connectivity index (χ1v) is 5.59. The summed E-state index contributed by atoms with van der Waals surface area (Å²) in [6, 6.07) is 9.50. The lowest BCUT2D eigenvalue weighted by molar-refractivity contribution is 0.138. The molecule has 0 saturated carbocycles. The van der Waals surface area contributed by atoms with E-state index in [1.807, 2.05) is 37.3 Å². The average molecular weight is 246 g/mol. The molecule has 1 amide bonds. The Morgan fingerprint density at radius 3 is 2.83 bits per heavy atom. The molecule has 5 heteroatoms. The summed E-state index contributed by atoms with van der Waals surface area (Å²) in [6.07, 6.45) is 0.872. The molecule has 94 valence electrons. The fraction of sp³-hybridized carbons (Fsp3) is 0.231. The molecular weight excluding hydrogens is 232 g/mol. The molecule has 0 aliphatic heterocycles. The van der Waals surface area contributed by atoms with Crippen molar-refractivity contribution in [3.8, 4) is 0 Å². The van der Waals surface area contributed by atoms with Gasteiger partial charge in [-0.1, -0.05) is 30.3 Å². The minimum absolute atomic E-state index is 0.252. The van der Waals surface area contributed by atoms with Crippen molar-refractivity contribution in [3.05, 3.63) is 53.7 Å². The largest absolute Gasteiger partial charge is 0.446 e. The van der Waals surface area contributed by atoms with Gasteiger partial charge in [0, 0.05) is 0 Å². The summed E-state index contributed by atoms with van der Waals surface area (Å²) in [6.45, 7) is 2.34. The highest BCUT2D eigenvalue weighted by Gasteiger charge is 2.07. The number of benzene rings is 1. The molecule has 0 aliphatic carbocycles. The van der Waals surface area contributed by atoms with E-state index in [9.17, 15) is 4.79 Å². The fourth-order valence-electron chi connectivity index (χ4n) is 1.42. The highest BCUT2D eigenvalue weighted by molar-refractivity contribution is 5.67. The second-order valence-electron chi connectivity index (χ2n) is 3.78. The SMILES string of the molecule is Cc1ncoc1CNC(=O)OCc1ccccc1. The van der Waals surface area contributed by atoms with Crippen LogP contribution in [0.2, 0.25) is 0 Å². The van der Waals surface area contributed by atoms with Gasteiger partial charge in [-0.05, 0) is 12.5 Å². The first-order valence-electron chi connectivity index (χ1n) is 5.59. The minimum atomic E-state index is -0.477. The van der Waals surface area contributed by atoms with Gasteiger partial charge in [0.05, 0.1) is 12.2 Å². The monoisotopic (exact) mass is 246 g/mol. The van der Waals surface area contributed by atoms with Gasteiger partial charge in [0.1, 0.15) is 12.4 Å². The number of rotatable bonds is 4. The zero-order valence-corrected chi connectivity index (χ0v) is 10.1. The summed E-state index contributed by atoms with van der Waals surface area (Å²) in [5, 5.41) is 2.60. The van der Waals surface area contributed by atoms with Crippen LogP contribution in [0.15, 0.2) is 41.1 Å². The third-order valence-corrected chi connectivity index (χ3v) is 2.45. The average Bonchev–Trinajstić information content (AvgIpc) is 2.81. The summed E-state index contributed by atoms with van der Waals surface area (Å²) >= 11 is 0. The fourth-order valence-corrected chi connectivity index (χ4v) is 1.42. The Hall–Kier alpha value is -2.30. The number of carbonyl (C=O) groups is 1. The molecule has 0 bridgehead atoms. The molecule has 1 N–H and O–H groups in total. The quantitative estimate of drug-likeness (QED) is 0.899. The molecule has 1 aromatic carbocycles. The van der Waals surface area contributed by atoms with Crippen LogP contribution in [0.1, 0.15) is 17.0 Å². The smallest absolute Gasteiger partial charge is 0.407 e. The lowest BCUT2D eigenvalue weighted by atomic mass is 10.2. The number of amides is 1. The molecule has 0 saturated heterocycles. The molecule has 1 heterocycles. The third kappa shape index (κ3) is 3.35. The molecule has 0 atom stereocenters. The summed E-state index contributed by atoms with van der Waals surface area (Å²) in [4.78, 5) is 15.4. The van der Waals surface area contributed by atoms with Gasteiger partial charge >= 0.3 is 6.09 Å². The molecule has 1 aromatic heterocycles. The van der Waals surface area contributed by atoms with Crippen molar-refractivity contribution < 1.29 is 13.9 Å². The van der Waals surface area contributed by atoms with Crippen molar-refractivity contribution >= 4 is 6.09 Å². The predicted octanol–water partition coefficient (Wildman–Crippen LogP) is 2.41. The molecule has 0 unspecified atom stereocenters. The van der Waals surface area contributed by atoms with Crippen molar-refractivity contribution in [2.45, 2.75) is 20.1 Å². The number of carbonyl (C=O) groups excluding carboxylic acids is 1. The van der Waals surface area contributed by atoms with Crippen LogP contribution in [0.4, 0.5) is 4.79 Å². The Kier molecular flexibility index (Phi) is 3.96. The second-order valence-corrected chi connectivity index (χ2v) is 3.78. The van der Waals surface area contributed by atoms with Gasteiger partial charge in [-0.2, -0.15) is 0 Å². The maximum Gasteiger partial charge on any atom is 0.407 e. The molecule has 0 aliphatic rings. The zero-order valence-electron chi connectivity index (χ0n) is 10.1. The second kappa shape index (κ2) is 5.86. The van der Waals surface area contributed by atoms with Gasteiger partial charge in [0.25, 0.3) is 0 Å². The number of oxazole rings is 1. The van der Waals surface area contributed by atoms with Gasteiger partial charge in [-0.3, -0.25) is 0 Å². The molecule has 0 spiro atoms. The van der Waals surface area contributed by atoms with E-state index in [1.165, 1.54) is 6.39 Å². The number of nitrogens with one attached hydrogen (secondary N) is 1. The zero-order chi connectivity index (χ0) is 12.8. The van der Waals surface area contributed by atoms with Gasteiger partial charge in [0.2, 0.25) is 0 Å². The van der Waals surface area contributed by atoms with Crippen molar-refractivity contribution in [1.82, 2.24) is 10.3 Å². The molecule has 2 aromatic rings. The number of nitrogens with zero attached hydrogens (tertiary/aromatic N) is 1. The van der Waals surface area contributed by atoms with Gasteiger partial charge in [0.15, 0.2) is 6.39 Å². The maximum absolute atomic E-state index is 11.4. The Bertz CT molecular complexity index is 508.